The van der Waals surface area contributed by atoms with Crippen LogP contribution in [0.3, 0.4) is 0 Å². The van der Waals surface area contributed by atoms with Gasteiger partial charge in [0.1, 0.15) is 11.5 Å². The minimum Gasteiger partial charge on any atom is -0.497 e. The van der Waals surface area contributed by atoms with Crippen molar-refractivity contribution < 1.29 is 9.47 Å². The molecule has 0 radical (unpaired) electrons. The van der Waals surface area contributed by atoms with Crippen molar-refractivity contribution in [2.45, 2.75) is 25.4 Å². The Bertz CT molecular complexity index is 658. The van der Waals surface area contributed by atoms with E-state index in [2.05, 4.69) is 38.1 Å². The Labute approximate surface area is 169 Å². The molecule has 7 heteroatoms. The Balaban J connectivity index is 1.51. The summed E-state index contributed by atoms with van der Waals surface area (Å²) in [7, 11) is 7.52. The Morgan fingerprint density at radius 1 is 1.14 bits per heavy atom. The van der Waals surface area contributed by atoms with Gasteiger partial charge in [0, 0.05) is 57.9 Å². The number of aliphatic imine (C=N–C) groups is 1. The van der Waals surface area contributed by atoms with Crippen molar-refractivity contribution in [1.82, 2.24) is 20.0 Å². The highest BCUT2D eigenvalue weighted by atomic mass is 16.5. The maximum Gasteiger partial charge on any atom is 0.193 e. The molecule has 7 nitrogen and oxygen atoms in total. The number of likely N-dealkylation sites (tertiary alicyclic amines) is 1. The third-order valence-electron chi connectivity index (χ3n) is 5.93. The molecule has 1 aromatic carbocycles. The minimum atomic E-state index is 0.624. The standard InChI is InChI=1S/C21H35N5O2/c1-22-21(23-15-18-6-5-9-24(18)2)26-12-10-25(11-13-26)16-17-14-19(27-3)7-8-20(17)28-4/h7-8,14,18H,5-6,9-13,15-16H2,1-4H3,(H,22,23). The molecule has 0 aliphatic carbocycles. The van der Waals surface area contributed by atoms with Crippen LogP contribution in [0.5, 0.6) is 11.5 Å². The molecular formula is C21H35N5O2. The van der Waals surface area contributed by atoms with Crippen molar-refractivity contribution in [2.24, 2.45) is 4.99 Å². The number of nitrogens with one attached hydrogen (secondary N) is 1. The van der Waals surface area contributed by atoms with Crippen LogP contribution in [0.1, 0.15) is 18.4 Å². The zero-order valence-corrected chi connectivity index (χ0v) is 17.8. The van der Waals surface area contributed by atoms with E-state index in [1.807, 2.05) is 19.2 Å². The summed E-state index contributed by atoms with van der Waals surface area (Å²) in [5.74, 6) is 2.82. The van der Waals surface area contributed by atoms with Crippen molar-refractivity contribution in [3.63, 3.8) is 0 Å². The van der Waals surface area contributed by atoms with Crippen LogP contribution in [-0.4, -0.2) is 94.3 Å². The fourth-order valence-electron chi connectivity index (χ4n) is 4.14. The van der Waals surface area contributed by atoms with Gasteiger partial charge in [-0.2, -0.15) is 0 Å². The van der Waals surface area contributed by atoms with Crippen molar-refractivity contribution in [3.05, 3.63) is 23.8 Å². The van der Waals surface area contributed by atoms with Crippen LogP contribution in [0, 0.1) is 0 Å². The van der Waals surface area contributed by atoms with Gasteiger partial charge in [0.15, 0.2) is 5.96 Å². The van der Waals surface area contributed by atoms with Gasteiger partial charge in [0.25, 0.3) is 0 Å². The van der Waals surface area contributed by atoms with Crippen molar-refractivity contribution >= 4 is 5.96 Å². The summed E-state index contributed by atoms with van der Waals surface area (Å²) in [6, 6.07) is 6.62. The molecule has 0 amide bonds. The van der Waals surface area contributed by atoms with Crippen molar-refractivity contribution in [3.8, 4) is 11.5 Å². The Kier molecular flexibility index (Phi) is 7.39. The number of methoxy groups -OCH3 is 2. The molecule has 3 rings (SSSR count). The number of piperazine rings is 1. The molecule has 1 atom stereocenters. The van der Waals surface area contributed by atoms with E-state index in [0.717, 1.165) is 56.7 Å². The second-order valence-corrected chi connectivity index (χ2v) is 7.65. The van der Waals surface area contributed by atoms with E-state index in [4.69, 9.17) is 9.47 Å². The first-order valence-electron chi connectivity index (χ1n) is 10.2. The second kappa shape index (κ2) is 9.98. The van der Waals surface area contributed by atoms with Gasteiger partial charge in [-0.1, -0.05) is 0 Å². The number of hydrogen-bond acceptors (Lipinski definition) is 5. The topological polar surface area (TPSA) is 52.6 Å². The van der Waals surface area contributed by atoms with Crippen LogP contribution < -0.4 is 14.8 Å². The molecule has 28 heavy (non-hydrogen) atoms. The van der Waals surface area contributed by atoms with E-state index >= 15 is 0 Å². The molecule has 2 saturated heterocycles. The molecule has 0 spiro atoms. The van der Waals surface area contributed by atoms with E-state index in [9.17, 15) is 0 Å². The number of benzene rings is 1. The highest BCUT2D eigenvalue weighted by molar-refractivity contribution is 5.80. The van der Waals surface area contributed by atoms with Gasteiger partial charge in [-0.15, -0.1) is 0 Å². The van der Waals surface area contributed by atoms with E-state index in [0.29, 0.717) is 6.04 Å². The molecule has 1 N–H and O–H groups in total. The van der Waals surface area contributed by atoms with Crippen LogP contribution >= 0.6 is 0 Å². The molecule has 1 unspecified atom stereocenters. The molecule has 2 aliphatic rings. The van der Waals surface area contributed by atoms with Gasteiger partial charge in [0.2, 0.25) is 0 Å². The first-order chi connectivity index (χ1) is 13.6. The summed E-state index contributed by atoms with van der Waals surface area (Å²) < 4.78 is 10.9. The Morgan fingerprint density at radius 2 is 1.93 bits per heavy atom. The molecule has 2 fully saturated rings. The lowest BCUT2D eigenvalue weighted by atomic mass is 10.1. The molecule has 156 valence electrons. The first kappa shape index (κ1) is 20.7. The number of rotatable bonds is 6. The number of likely N-dealkylation sites (N-methyl/N-ethyl adjacent to an activating group) is 1. The predicted molar refractivity (Wildman–Crippen MR) is 113 cm³/mol. The minimum absolute atomic E-state index is 0.624. The summed E-state index contributed by atoms with van der Waals surface area (Å²) in [5, 5.41) is 3.59. The molecule has 2 heterocycles. The normalized spacial score (nSPS) is 21.8. The molecule has 2 aliphatic heterocycles. The van der Waals surface area contributed by atoms with Crippen LogP contribution in [0.25, 0.3) is 0 Å². The summed E-state index contributed by atoms with van der Waals surface area (Å²) in [6.07, 6.45) is 2.57. The number of ether oxygens (including phenoxy) is 2. The highest BCUT2D eigenvalue weighted by Gasteiger charge is 2.24. The smallest absolute Gasteiger partial charge is 0.193 e. The zero-order chi connectivity index (χ0) is 19.9. The summed E-state index contributed by atoms with van der Waals surface area (Å²) >= 11 is 0. The third-order valence-corrected chi connectivity index (χ3v) is 5.93. The molecular weight excluding hydrogens is 354 g/mol. The third kappa shape index (κ3) is 5.08. The van der Waals surface area contributed by atoms with Crippen molar-refractivity contribution in [1.29, 1.82) is 0 Å². The van der Waals surface area contributed by atoms with E-state index in [1.54, 1.807) is 14.2 Å². The maximum absolute atomic E-state index is 5.53. The van der Waals surface area contributed by atoms with Crippen LogP contribution in [-0.2, 0) is 6.54 Å². The number of nitrogens with zero attached hydrogens (tertiary/aromatic N) is 4. The van der Waals surface area contributed by atoms with Gasteiger partial charge < -0.3 is 24.6 Å². The largest absolute Gasteiger partial charge is 0.497 e. The highest BCUT2D eigenvalue weighted by Crippen LogP contribution is 2.25. The Morgan fingerprint density at radius 3 is 2.54 bits per heavy atom. The van der Waals surface area contributed by atoms with Crippen LogP contribution in [0.2, 0.25) is 0 Å². The summed E-state index contributed by atoms with van der Waals surface area (Å²) in [4.78, 5) is 11.8. The molecule has 0 saturated carbocycles. The predicted octanol–water partition coefficient (Wildman–Crippen LogP) is 1.49. The van der Waals surface area contributed by atoms with E-state index < -0.39 is 0 Å². The van der Waals surface area contributed by atoms with E-state index in [-0.39, 0.29) is 0 Å². The summed E-state index contributed by atoms with van der Waals surface area (Å²) in [5.41, 5.74) is 1.17. The second-order valence-electron chi connectivity index (χ2n) is 7.65. The quantitative estimate of drug-likeness (QED) is 0.588. The number of guanidine groups is 1. The average molecular weight is 390 g/mol. The number of hydrogen-bond donors (Lipinski definition) is 1. The molecule has 0 aromatic heterocycles. The fourth-order valence-corrected chi connectivity index (χ4v) is 4.14. The lowest BCUT2D eigenvalue weighted by Gasteiger charge is -2.37. The van der Waals surface area contributed by atoms with Crippen molar-refractivity contribution in [2.75, 3.05) is 67.6 Å². The SMILES string of the molecule is CN=C(NCC1CCCN1C)N1CCN(Cc2cc(OC)ccc2OC)CC1. The fraction of sp³-hybridized carbons (Fsp3) is 0.667. The van der Waals surface area contributed by atoms with Gasteiger partial charge in [0.05, 0.1) is 14.2 Å². The van der Waals surface area contributed by atoms with Crippen LogP contribution in [0.4, 0.5) is 0 Å². The van der Waals surface area contributed by atoms with Crippen LogP contribution in [0.15, 0.2) is 23.2 Å². The molecule has 0 bridgehead atoms. The lowest BCUT2D eigenvalue weighted by molar-refractivity contribution is 0.170. The Hall–Kier alpha value is -1.99. The maximum atomic E-state index is 5.53. The van der Waals surface area contributed by atoms with Gasteiger partial charge in [-0.05, 0) is 44.6 Å². The van der Waals surface area contributed by atoms with Gasteiger partial charge in [-0.25, -0.2) is 0 Å². The van der Waals surface area contributed by atoms with E-state index in [1.165, 1.54) is 24.9 Å². The average Bonchev–Trinajstić information content (AvgIpc) is 3.14. The van der Waals surface area contributed by atoms with Gasteiger partial charge in [-0.3, -0.25) is 9.89 Å². The zero-order valence-electron chi connectivity index (χ0n) is 17.8. The lowest BCUT2D eigenvalue weighted by Crippen LogP contribution is -2.53. The van der Waals surface area contributed by atoms with Gasteiger partial charge >= 0.3 is 0 Å². The monoisotopic (exact) mass is 389 g/mol. The molecule has 1 aromatic rings. The summed E-state index contributed by atoms with van der Waals surface area (Å²) in [6.45, 7) is 7.02. The first-order valence-corrected chi connectivity index (χ1v) is 10.2.